The molecule has 19 heavy (non-hydrogen) atoms. The highest BCUT2D eigenvalue weighted by Crippen LogP contribution is 2.30. The first-order valence-electron chi connectivity index (χ1n) is 6.86. The molecule has 1 aromatic carbocycles. The van der Waals surface area contributed by atoms with Gasteiger partial charge >= 0.3 is 0 Å². The van der Waals surface area contributed by atoms with Crippen molar-refractivity contribution in [3.63, 3.8) is 0 Å². The third-order valence-corrected chi connectivity index (χ3v) is 4.49. The molecule has 108 valence electrons. The van der Waals surface area contributed by atoms with Gasteiger partial charge in [-0.2, -0.15) is 0 Å². The highest BCUT2D eigenvalue weighted by Gasteiger charge is 2.24. The van der Waals surface area contributed by atoms with E-state index in [-0.39, 0.29) is 12.0 Å². The summed E-state index contributed by atoms with van der Waals surface area (Å²) in [6.07, 6.45) is 2.90. The quantitative estimate of drug-likeness (QED) is 0.684. The molecule has 0 amide bonds. The Hall–Kier alpha value is -0.580. The van der Waals surface area contributed by atoms with Crippen LogP contribution in [0, 0.1) is 5.41 Å². The molecule has 0 saturated heterocycles. The molecule has 0 heterocycles. The Morgan fingerprint density at radius 2 is 1.95 bits per heavy atom. The summed E-state index contributed by atoms with van der Waals surface area (Å²) in [4.78, 5) is 0. The van der Waals surface area contributed by atoms with Crippen LogP contribution in [0.15, 0.2) is 22.7 Å². The van der Waals surface area contributed by atoms with E-state index < -0.39 is 0 Å². The SMILES string of the molecule is CCC(CC)(CCO)CNCc1cc(Br)ccc1O. The number of hydrogen-bond donors (Lipinski definition) is 3. The Balaban J connectivity index is 2.58. The summed E-state index contributed by atoms with van der Waals surface area (Å²) in [5.74, 6) is 0.316. The van der Waals surface area contributed by atoms with Crippen LogP contribution < -0.4 is 5.32 Å². The van der Waals surface area contributed by atoms with Crippen LogP contribution >= 0.6 is 15.9 Å². The third-order valence-electron chi connectivity index (χ3n) is 4.00. The zero-order valence-electron chi connectivity index (χ0n) is 11.7. The minimum atomic E-state index is 0.149. The van der Waals surface area contributed by atoms with Gasteiger partial charge in [-0.1, -0.05) is 29.8 Å². The molecule has 4 heteroatoms. The Labute approximate surface area is 124 Å². The van der Waals surface area contributed by atoms with Crippen molar-refractivity contribution in [2.24, 2.45) is 5.41 Å². The number of aliphatic hydroxyl groups excluding tert-OH is 1. The molecule has 0 aliphatic heterocycles. The molecule has 0 bridgehead atoms. The molecule has 0 aromatic heterocycles. The number of phenolic OH excluding ortho intramolecular Hbond substituents is 1. The summed E-state index contributed by atoms with van der Waals surface area (Å²) >= 11 is 3.41. The number of hydrogen-bond acceptors (Lipinski definition) is 3. The fourth-order valence-corrected chi connectivity index (χ4v) is 2.75. The van der Waals surface area contributed by atoms with Crippen LogP contribution in [0.25, 0.3) is 0 Å². The topological polar surface area (TPSA) is 52.5 Å². The van der Waals surface area contributed by atoms with E-state index in [1.807, 2.05) is 12.1 Å². The zero-order chi connectivity index (χ0) is 14.3. The van der Waals surface area contributed by atoms with Gasteiger partial charge in [-0.3, -0.25) is 0 Å². The van der Waals surface area contributed by atoms with Crippen molar-refractivity contribution >= 4 is 15.9 Å². The average Bonchev–Trinajstić information content (AvgIpc) is 2.41. The zero-order valence-corrected chi connectivity index (χ0v) is 13.3. The molecule has 1 rings (SSSR count). The largest absolute Gasteiger partial charge is 0.508 e. The first-order chi connectivity index (χ1) is 9.06. The number of benzene rings is 1. The van der Waals surface area contributed by atoms with E-state index in [2.05, 4.69) is 35.1 Å². The van der Waals surface area contributed by atoms with E-state index in [0.29, 0.717) is 12.3 Å². The molecule has 1 aromatic rings. The molecule has 0 saturated carbocycles. The van der Waals surface area contributed by atoms with Crippen molar-refractivity contribution in [1.29, 1.82) is 0 Å². The molecule has 0 atom stereocenters. The van der Waals surface area contributed by atoms with Gasteiger partial charge in [-0.15, -0.1) is 0 Å². The summed E-state index contributed by atoms with van der Waals surface area (Å²) in [5.41, 5.74) is 1.04. The lowest BCUT2D eigenvalue weighted by Crippen LogP contribution is -2.34. The Morgan fingerprint density at radius 1 is 1.26 bits per heavy atom. The molecule has 0 spiro atoms. The van der Waals surface area contributed by atoms with Gasteiger partial charge in [0.2, 0.25) is 0 Å². The van der Waals surface area contributed by atoms with E-state index in [9.17, 15) is 10.2 Å². The van der Waals surface area contributed by atoms with Gasteiger partial charge in [0.05, 0.1) is 0 Å². The highest BCUT2D eigenvalue weighted by atomic mass is 79.9. The fourth-order valence-electron chi connectivity index (χ4n) is 2.34. The molecular formula is C15H24BrNO2. The maximum absolute atomic E-state index is 9.78. The van der Waals surface area contributed by atoms with Crippen LogP contribution in [0.3, 0.4) is 0 Å². The summed E-state index contributed by atoms with van der Waals surface area (Å²) in [7, 11) is 0. The predicted molar refractivity (Wildman–Crippen MR) is 82.2 cm³/mol. The molecule has 0 aliphatic carbocycles. The Bertz CT molecular complexity index is 392. The second kappa shape index (κ2) is 7.88. The summed E-state index contributed by atoms with van der Waals surface area (Å²) < 4.78 is 0.967. The summed E-state index contributed by atoms with van der Waals surface area (Å²) in [6.45, 7) is 6.05. The van der Waals surface area contributed by atoms with Gasteiger partial charge in [0.25, 0.3) is 0 Å². The van der Waals surface area contributed by atoms with E-state index in [0.717, 1.165) is 35.8 Å². The first-order valence-corrected chi connectivity index (χ1v) is 7.65. The van der Waals surface area contributed by atoms with Crippen LogP contribution in [0.1, 0.15) is 38.7 Å². The van der Waals surface area contributed by atoms with Gasteiger partial charge in [-0.05, 0) is 42.9 Å². The number of aliphatic hydroxyl groups is 1. The monoisotopic (exact) mass is 329 g/mol. The van der Waals surface area contributed by atoms with Crippen LogP contribution in [0.5, 0.6) is 5.75 Å². The molecule has 3 nitrogen and oxygen atoms in total. The maximum Gasteiger partial charge on any atom is 0.120 e. The number of rotatable bonds is 8. The number of nitrogens with one attached hydrogen (secondary N) is 1. The molecule has 0 unspecified atom stereocenters. The Kier molecular flexibility index (Phi) is 6.83. The smallest absolute Gasteiger partial charge is 0.120 e. The second-order valence-corrected chi connectivity index (χ2v) is 5.97. The minimum Gasteiger partial charge on any atom is -0.508 e. The van der Waals surface area contributed by atoms with Crippen LogP contribution in [0.4, 0.5) is 0 Å². The molecular weight excluding hydrogens is 306 g/mol. The fraction of sp³-hybridized carbons (Fsp3) is 0.600. The van der Waals surface area contributed by atoms with E-state index in [4.69, 9.17) is 0 Å². The average molecular weight is 330 g/mol. The third kappa shape index (κ3) is 4.79. The van der Waals surface area contributed by atoms with Crippen molar-refractivity contribution in [1.82, 2.24) is 5.32 Å². The van der Waals surface area contributed by atoms with Gasteiger partial charge in [0.1, 0.15) is 5.75 Å². The van der Waals surface area contributed by atoms with Crippen molar-refractivity contribution in [3.05, 3.63) is 28.2 Å². The van der Waals surface area contributed by atoms with E-state index in [1.54, 1.807) is 6.07 Å². The number of halogens is 1. The second-order valence-electron chi connectivity index (χ2n) is 5.06. The highest BCUT2D eigenvalue weighted by molar-refractivity contribution is 9.10. The normalized spacial score (nSPS) is 11.8. The van der Waals surface area contributed by atoms with Crippen molar-refractivity contribution in [2.45, 2.75) is 39.7 Å². The van der Waals surface area contributed by atoms with Crippen LogP contribution in [-0.2, 0) is 6.54 Å². The van der Waals surface area contributed by atoms with Crippen LogP contribution in [0.2, 0.25) is 0 Å². The lowest BCUT2D eigenvalue weighted by atomic mass is 9.79. The summed E-state index contributed by atoms with van der Waals surface area (Å²) in [6, 6.07) is 5.45. The summed E-state index contributed by atoms with van der Waals surface area (Å²) in [5, 5.41) is 22.4. The number of aromatic hydroxyl groups is 1. The molecule has 0 fully saturated rings. The van der Waals surface area contributed by atoms with E-state index >= 15 is 0 Å². The van der Waals surface area contributed by atoms with Crippen molar-refractivity contribution in [3.8, 4) is 5.75 Å². The predicted octanol–water partition coefficient (Wildman–Crippen LogP) is 3.43. The first kappa shape index (κ1) is 16.5. The maximum atomic E-state index is 9.78. The number of phenols is 1. The molecule has 0 aliphatic rings. The van der Waals surface area contributed by atoms with Crippen molar-refractivity contribution < 1.29 is 10.2 Å². The minimum absolute atomic E-state index is 0.149. The van der Waals surface area contributed by atoms with Crippen molar-refractivity contribution in [2.75, 3.05) is 13.2 Å². The molecule has 3 N–H and O–H groups in total. The van der Waals surface area contributed by atoms with Gasteiger partial charge in [0, 0.05) is 29.7 Å². The Morgan fingerprint density at radius 3 is 2.53 bits per heavy atom. The van der Waals surface area contributed by atoms with Gasteiger partial charge in [-0.25, -0.2) is 0 Å². The molecule has 0 radical (unpaired) electrons. The van der Waals surface area contributed by atoms with E-state index in [1.165, 1.54) is 0 Å². The lowest BCUT2D eigenvalue weighted by molar-refractivity contribution is 0.163. The standard InChI is InChI=1S/C15H24BrNO2/c1-3-15(4-2,7-8-18)11-17-10-12-9-13(16)5-6-14(12)19/h5-6,9,17-19H,3-4,7-8,10-11H2,1-2H3. The lowest BCUT2D eigenvalue weighted by Gasteiger charge is -2.31. The van der Waals surface area contributed by atoms with Crippen LogP contribution in [-0.4, -0.2) is 23.4 Å². The van der Waals surface area contributed by atoms with Gasteiger partial charge < -0.3 is 15.5 Å². The van der Waals surface area contributed by atoms with Gasteiger partial charge in [0.15, 0.2) is 0 Å².